The average molecular weight is 245 g/mol. The van der Waals surface area contributed by atoms with Crippen LogP contribution in [0.4, 0.5) is 13.2 Å². The molecule has 0 N–H and O–H groups in total. The average Bonchev–Trinajstić information content (AvgIpc) is 1.95. The van der Waals surface area contributed by atoms with E-state index in [2.05, 4.69) is 13.2 Å². The third kappa shape index (κ3) is 3.20. The van der Waals surface area contributed by atoms with Crippen LogP contribution in [0.5, 0.6) is 0 Å². The van der Waals surface area contributed by atoms with Gasteiger partial charge in [0.2, 0.25) is 0 Å². The van der Waals surface area contributed by atoms with Crippen molar-refractivity contribution < 1.29 is 18.0 Å². The van der Waals surface area contributed by atoms with E-state index < -0.39 is 27.6 Å². The molecule has 0 unspecified atom stereocenters. The highest BCUT2D eigenvalue weighted by molar-refractivity contribution is 6.69. The Hall–Kier alpha value is -0.740. The van der Waals surface area contributed by atoms with E-state index in [0.29, 0.717) is 6.08 Å². The molecule has 0 aliphatic rings. The van der Waals surface area contributed by atoms with Crippen molar-refractivity contribution in [3.63, 3.8) is 0 Å². The van der Waals surface area contributed by atoms with Crippen LogP contribution in [0.25, 0.3) is 0 Å². The molecule has 0 radical (unpaired) electrons. The van der Waals surface area contributed by atoms with Gasteiger partial charge in [-0.15, -0.1) is 0 Å². The van der Waals surface area contributed by atoms with Gasteiger partial charge >= 0.3 is 6.18 Å². The Bertz CT molecular complexity index is 299. The maximum atomic E-state index is 12.3. The van der Waals surface area contributed by atoms with Crippen LogP contribution in [0.1, 0.15) is 0 Å². The maximum Gasteiger partial charge on any atom is 0.417 e. The molecule has 0 rings (SSSR count). The predicted octanol–water partition coefficient (Wildman–Crippen LogP) is 3.55. The Morgan fingerprint density at radius 2 is 1.71 bits per heavy atom. The fourth-order valence-electron chi connectivity index (χ4n) is 0.718. The van der Waals surface area contributed by atoms with Gasteiger partial charge in [-0.05, 0) is 11.6 Å². The Labute approximate surface area is 88.5 Å². The van der Waals surface area contributed by atoms with Crippen molar-refractivity contribution in [1.82, 2.24) is 0 Å². The van der Waals surface area contributed by atoms with E-state index in [4.69, 9.17) is 23.2 Å². The quantitative estimate of drug-likeness (QED) is 0.422. The molecule has 0 amide bonds. The van der Waals surface area contributed by atoms with Crippen LogP contribution >= 0.6 is 23.2 Å². The van der Waals surface area contributed by atoms with Crippen molar-refractivity contribution in [2.24, 2.45) is 0 Å². The fraction of sp³-hybridized carbons (Fsp3) is 0.125. The van der Waals surface area contributed by atoms with Gasteiger partial charge in [0.1, 0.15) is 0 Å². The zero-order valence-corrected chi connectivity index (χ0v) is 8.30. The summed E-state index contributed by atoms with van der Waals surface area (Å²) < 4.78 is 36.8. The number of halogens is 5. The van der Waals surface area contributed by atoms with E-state index in [1.165, 1.54) is 0 Å². The van der Waals surface area contributed by atoms with Crippen LogP contribution in [0.15, 0.2) is 35.4 Å². The normalized spacial score (nSPS) is 13.2. The molecular formula is C8H5Cl2F3O. The first kappa shape index (κ1) is 13.3. The van der Waals surface area contributed by atoms with Crippen molar-refractivity contribution in [1.29, 1.82) is 0 Å². The molecule has 78 valence electrons. The number of rotatable bonds is 3. The summed E-state index contributed by atoms with van der Waals surface area (Å²) >= 11 is 10.1. The first-order valence-electron chi connectivity index (χ1n) is 3.20. The molecule has 0 aromatic carbocycles. The van der Waals surface area contributed by atoms with Crippen LogP contribution < -0.4 is 0 Å². The van der Waals surface area contributed by atoms with Gasteiger partial charge in [-0.25, -0.2) is 0 Å². The van der Waals surface area contributed by atoms with Gasteiger partial charge in [0.25, 0.3) is 5.24 Å². The highest BCUT2D eigenvalue weighted by atomic mass is 35.5. The molecule has 0 aromatic heterocycles. The number of carbonyl (C=O) groups is 1. The summed E-state index contributed by atoms with van der Waals surface area (Å²) in [5.41, 5.74) is -2.17. The summed E-state index contributed by atoms with van der Waals surface area (Å²) in [6.45, 7) is 5.94. The van der Waals surface area contributed by atoms with Crippen LogP contribution in [0, 0.1) is 0 Å². The van der Waals surface area contributed by atoms with E-state index >= 15 is 0 Å². The van der Waals surface area contributed by atoms with Crippen LogP contribution in [0.2, 0.25) is 0 Å². The zero-order valence-electron chi connectivity index (χ0n) is 6.79. The number of hydrogen-bond donors (Lipinski definition) is 0. The van der Waals surface area contributed by atoms with E-state index in [0.717, 1.165) is 0 Å². The second-order valence-electron chi connectivity index (χ2n) is 2.17. The minimum atomic E-state index is -4.74. The largest absolute Gasteiger partial charge is 0.417 e. The second kappa shape index (κ2) is 4.66. The Balaban J connectivity index is 5.68. The maximum absolute atomic E-state index is 12.3. The van der Waals surface area contributed by atoms with Crippen LogP contribution in [-0.2, 0) is 4.79 Å². The Morgan fingerprint density at radius 3 is 1.79 bits per heavy atom. The monoisotopic (exact) mass is 244 g/mol. The summed E-state index contributed by atoms with van der Waals surface area (Å²) in [5.74, 6) is 0. The topological polar surface area (TPSA) is 17.1 Å². The third-order valence-corrected chi connectivity index (χ3v) is 1.62. The highest BCUT2D eigenvalue weighted by Gasteiger charge is 2.36. The molecule has 0 aliphatic heterocycles. The van der Waals surface area contributed by atoms with E-state index in [1.54, 1.807) is 0 Å². The number of alkyl halides is 3. The standard InChI is InChI=1S/C8H5Cl2F3O/c1-3-5(8(11,12)13)6(4(2)9)7(10)14/h3H,1-2H2/b6-5-. The molecule has 0 saturated carbocycles. The summed E-state index contributed by atoms with van der Waals surface area (Å²) in [5, 5.41) is -1.89. The summed E-state index contributed by atoms with van der Waals surface area (Å²) in [6, 6.07) is 0. The first-order valence-corrected chi connectivity index (χ1v) is 3.96. The van der Waals surface area contributed by atoms with Gasteiger partial charge in [-0.3, -0.25) is 4.79 Å². The van der Waals surface area contributed by atoms with Crippen molar-refractivity contribution >= 4 is 28.4 Å². The molecule has 0 saturated heterocycles. The molecule has 0 spiro atoms. The Kier molecular flexibility index (Phi) is 4.42. The summed E-state index contributed by atoms with van der Waals surface area (Å²) in [7, 11) is 0. The molecule has 0 atom stereocenters. The van der Waals surface area contributed by atoms with Crippen LogP contribution in [-0.4, -0.2) is 11.4 Å². The lowest BCUT2D eigenvalue weighted by Crippen LogP contribution is -2.15. The SMILES string of the molecule is C=C/C(=C(\C(=C)Cl)C(=O)Cl)C(F)(F)F. The molecule has 0 fully saturated rings. The third-order valence-electron chi connectivity index (χ3n) is 1.25. The lowest BCUT2D eigenvalue weighted by atomic mass is 10.1. The Morgan fingerprint density at radius 1 is 1.29 bits per heavy atom. The lowest BCUT2D eigenvalue weighted by Gasteiger charge is -2.11. The first-order chi connectivity index (χ1) is 6.21. The van der Waals surface area contributed by atoms with Crippen molar-refractivity contribution in [3.05, 3.63) is 35.4 Å². The molecule has 14 heavy (non-hydrogen) atoms. The predicted molar refractivity (Wildman–Crippen MR) is 49.1 cm³/mol. The molecular weight excluding hydrogens is 240 g/mol. The van der Waals surface area contributed by atoms with E-state index in [9.17, 15) is 18.0 Å². The second-order valence-corrected chi connectivity index (χ2v) is 2.97. The summed E-state index contributed by atoms with van der Waals surface area (Å²) in [4.78, 5) is 10.6. The minimum absolute atomic E-state index is 0.461. The van der Waals surface area contributed by atoms with Crippen LogP contribution in [0.3, 0.4) is 0 Å². The fourth-order valence-corrected chi connectivity index (χ4v) is 1.17. The van der Waals surface area contributed by atoms with Gasteiger partial charge in [-0.1, -0.05) is 30.8 Å². The van der Waals surface area contributed by atoms with Crippen molar-refractivity contribution in [3.8, 4) is 0 Å². The van der Waals surface area contributed by atoms with Gasteiger partial charge in [0, 0.05) is 5.03 Å². The van der Waals surface area contributed by atoms with E-state index in [1.807, 2.05) is 0 Å². The zero-order chi connectivity index (χ0) is 11.5. The van der Waals surface area contributed by atoms with E-state index in [-0.39, 0.29) is 0 Å². The van der Waals surface area contributed by atoms with Gasteiger partial charge in [0.05, 0.1) is 11.1 Å². The molecule has 0 aliphatic carbocycles. The van der Waals surface area contributed by atoms with Gasteiger partial charge in [0.15, 0.2) is 0 Å². The smallest absolute Gasteiger partial charge is 0.276 e. The summed E-state index contributed by atoms with van der Waals surface area (Å²) in [6.07, 6.45) is -4.28. The minimum Gasteiger partial charge on any atom is -0.276 e. The molecule has 0 bridgehead atoms. The molecule has 0 aromatic rings. The van der Waals surface area contributed by atoms with Crippen molar-refractivity contribution in [2.75, 3.05) is 0 Å². The van der Waals surface area contributed by atoms with Gasteiger partial charge in [-0.2, -0.15) is 13.2 Å². The highest BCUT2D eigenvalue weighted by Crippen LogP contribution is 2.33. The molecule has 1 nitrogen and oxygen atoms in total. The molecule has 6 heteroatoms. The number of allylic oxidation sites excluding steroid dienone is 4. The van der Waals surface area contributed by atoms with Crippen molar-refractivity contribution in [2.45, 2.75) is 6.18 Å². The number of hydrogen-bond acceptors (Lipinski definition) is 1. The lowest BCUT2D eigenvalue weighted by molar-refractivity contribution is -0.110. The number of carbonyl (C=O) groups excluding carboxylic acids is 1. The van der Waals surface area contributed by atoms with Gasteiger partial charge < -0.3 is 0 Å². The molecule has 0 heterocycles.